The molecule has 0 aliphatic rings. The van der Waals surface area contributed by atoms with Gasteiger partial charge in [0, 0.05) is 0 Å². The van der Waals surface area contributed by atoms with Crippen LogP contribution in [0.1, 0.15) is 195 Å². The van der Waals surface area contributed by atoms with E-state index in [0.717, 1.165) is 102 Å². The van der Waals surface area contributed by atoms with Crippen molar-refractivity contribution in [3.8, 4) is 0 Å². The maximum absolute atomic E-state index is 13.4. The Balaban J connectivity index is 5.41. The summed E-state index contributed by atoms with van der Waals surface area (Å²) in [5.41, 5.74) is -0.977. The van der Waals surface area contributed by atoms with Crippen LogP contribution in [-0.2, 0) is 19.1 Å². The summed E-state index contributed by atoms with van der Waals surface area (Å²) in [6.45, 7) is 12.5. The monoisotopic (exact) mass is 701 g/mol. The summed E-state index contributed by atoms with van der Waals surface area (Å²) in [6, 6.07) is 0. The Bertz CT molecular complexity index is 637. The van der Waals surface area contributed by atoms with Gasteiger partial charge in [-0.1, -0.05) is 137 Å². The van der Waals surface area contributed by atoms with Gasteiger partial charge >= 0.3 is 11.9 Å². The SMILES string of the molecule is CCCCCCCC(CCCCCCC)OC(=O)CN(CC(=O)OC(CCCCCCC)CCCCCCC)C(O)SCCCNCC. The summed E-state index contributed by atoms with van der Waals surface area (Å²) in [7, 11) is 0. The normalized spacial score (nSPS) is 12.4. The Kier molecular flexibility index (Phi) is 35.4. The number of rotatable bonds is 37. The number of esters is 2. The number of hydrogen-bond donors (Lipinski definition) is 2. The molecule has 0 saturated carbocycles. The summed E-state index contributed by atoms with van der Waals surface area (Å²) in [6.07, 6.45) is 27.8. The molecule has 0 spiro atoms. The molecule has 8 heteroatoms. The number of unbranched alkanes of at least 4 members (excludes halogenated alkanes) is 16. The first-order chi connectivity index (χ1) is 23.4. The minimum atomic E-state index is -0.977. The van der Waals surface area contributed by atoms with Gasteiger partial charge in [0.25, 0.3) is 0 Å². The van der Waals surface area contributed by atoms with Crippen molar-refractivity contribution in [2.45, 2.75) is 213 Å². The molecule has 0 rings (SSSR count). The summed E-state index contributed by atoms with van der Waals surface area (Å²) in [5, 5.41) is 14.5. The first kappa shape index (κ1) is 47.2. The molecule has 0 bridgehead atoms. The van der Waals surface area contributed by atoms with Gasteiger partial charge in [-0.2, -0.15) is 0 Å². The molecule has 0 radical (unpaired) electrons. The van der Waals surface area contributed by atoms with Crippen LogP contribution < -0.4 is 5.32 Å². The van der Waals surface area contributed by atoms with Gasteiger partial charge < -0.3 is 19.9 Å². The number of hydrogen-bond acceptors (Lipinski definition) is 8. The number of carbonyl (C=O) groups is 2. The van der Waals surface area contributed by atoms with Crippen molar-refractivity contribution in [2.75, 3.05) is 31.9 Å². The molecule has 0 amide bonds. The molecule has 0 aromatic carbocycles. The van der Waals surface area contributed by atoms with Crippen LogP contribution >= 0.6 is 11.8 Å². The van der Waals surface area contributed by atoms with E-state index < -0.39 is 5.56 Å². The Morgan fingerprint density at radius 1 is 0.562 bits per heavy atom. The molecule has 1 atom stereocenters. The molecule has 48 heavy (non-hydrogen) atoms. The highest BCUT2D eigenvalue weighted by Gasteiger charge is 2.26. The van der Waals surface area contributed by atoms with Crippen LogP contribution in [0.25, 0.3) is 0 Å². The lowest BCUT2D eigenvalue weighted by atomic mass is 10.0. The maximum atomic E-state index is 13.4. The van der Waals surface area contributed by atoms with E-state index in [9.17, 15) is 14.7 Å². The minimum Gasteiger partial charge on any atom is -0.461 e. The maximum Gasteiger partial charge on any atom is 0.320 e. The summed E-state index contributed by atoms with van der Waals surface area (Å²) in [4.78, 5) is 28.3. The van der Waals surface area contributed by atoms with E-state index in [4.69, 9.17) is 9.47 Å². The second-order valence-corrected chi connectivity index (χ2v) is 15.0. The van der Waals surface area contributed by atoms with Crippen molar-refractivity contribution in [3.05, 3.63) is 0 Å². The fourth-order valence-corrected chi connectivity index (χ4v) is 6.97. The molecule has 0 saturated heterocycles. The van der Waals surface area contributed by atoms with E-state index in [1.54, 1.807) is 4.90 Å². The van der Waals surface area contributed by atoms with Crippen LogP contribution in [0.4, 0.5) is 0 Å². The first-order valence-electron chi connectivity index (χ1n) is 20.5. The molecular weight excluding hydrogens is 621 g/mol. The Labute approximate surface area is 302 Å². The third-order valence-corrected chi connectivity index (χ3v) is 10.2. The number of carbonyl (C=O) groups excluding carboxylic acids is 2. The van der Waals surface area contributed by atoms with E-state index in [1.807, 2.05) is 0 Å². The van der Waals surface area contributed by atoms with Crippen molar-refractivity contribution < 1.29 is 24.2 Å². The van der Waals surface area contributed by atoms with Gasteiger partial charge in [-0.05, 0) is 76.6 Å². The number of nitrogens with one attached hydrogen (secondary N) is 1. The molecule has 0 aliphatic carbocycles. The molecule has 0 heterocycles. The largest absolute Gasteiger partial charge is 0.461 e. The van der Waals surface area contributed by atoms with Crippen LogP contribution in [0.2, 0.25) is 0 Å². The lowest BCUT2D eigenvalue weighted by Crippen LogP contribution is -2.43. The average Bonchev–Trinajstić information content (AvgIpc) is 3.07. The highest BCUT2D eigenvalue weighted by atomic mass is 32.2. The summed E-state index contributed by atoms with van der Waals surface area (Å²) >= 11 is 1.37. The zero-order valence-electron chi connectivity index (χ0n) is 32.4. The van der Waals surface area contributed by atoms with Gasteiger partial charge in [0.1, 0.15) is 25.3 Å². The third-order valence-electron chi connectivity index (χ3n) is 9.11. The summed E-state index contributed by atoms with van der Waals surface area (Å²) in [5.74, 6) is 0.0154. The van der Waals surface area contributed by atoms with E-state index in [0.29, 0.717) is 0 Å². The van der Waals surface area contributed by atoms with E-state index in [-0.39, 0.29) is 37.2 Å². The van der Waals surface area contributed by atoms with Gasteiger partial charge in [-0.15, -0.1) is 11.8 Å². The molecule has 0 fully saturated rings. The molecular formula is C40H80N2O5S. The second-order valence-electron chi connectivity index (χ2n) is 13.8. The number of ether oxygens (including phenoxy) is 2. The summed E-state index contributed by atoms with van der Waals surface area (Å²) < 4.78 is 12.1. The fraction of sp³-hybridized carbons (Fsp3) is 0.950. The van der Waals surface area contributed by atoms with Gasteiger partial charge in [0.2, 0.25) is 0 Å². The predicted octanol–water partition coefficient (Wildman–Crippen LogP) is 10.6. The lowest BCUT2D eigenvalue weighted by Gasteiger charge is -2.28. The molecule has 2 N–H and O–H groups in total. The standard InChI is InChI=1S/C40H80N2O5S/c1-6-11-15-19-23-28-36(29-24-20-16-12-7-2)46-38(43)34-42(40(45)48-33-27-32-41-10-5)35-39(44)47-37(30-25-21-17-13-8-3)31-26-22-18-14-9-4/h36-37,40-41,45H,6-35H2,1-5H3. The minimum absolute atomic E-state index is 0.107. The van der Waals surface area contributed by atoms with Gasteiger partial charge in [0.15, 0.2) is 5.56 Å². The second kappa shape index (κ2) is 36.0. The zero-order valence-corrected chi connectivity index (χ0v) is 33.2. The Morgan fingerprint density at radius 2 is 0.917 bits per heavy atom. The number of nitrogens with zero attached hydrogens (tertiary/aromatic N) is 1. The van der Waals surface area contributed by atoms with Crippen LogP contribution in [-0.4, -0.2) is 71.6 Å². The number of aliphatic hydroxyl groups is 1. The van der Waals surface area contributed by atoms with E-state index in [2.05, 4.69) is 39.9 Å². The van der Waals surface area contributed by atoms with Crippen molar-refractivity contribution >= 4 is 23.7 Å². The molecule has 7 nitrogen and oxygen atoms in total. The van der Waals surface area contributed by atoms with Crippen molar-refractivity contribution in [3.63, 3.8) is 0 Å². The average molecular weight is 701 g/mol. The van der Waals surface area contributed by atoms with Crippen LogP contribution in [0.15, 0.2) is 0 Å². The van der Waals surface area contributed by atoms with Gasteiger partial charge in [0.05, 0.1) is 0 Å². The highest BCUT2D eigenvalue weighted by molar-refractivity contribution is 7.99. The molecule has 0 aromatic rings. The van der Waals surface area contributed by atoms with Crippen LogP contribution in [0, 0.1) is 0 Å². The Hall–Kier alpha value is -0.830. The quantitative estimate of drug-likeness (QED) is 0.0376. The first-order valence-corrected chi connectivity index (χ1v) is 21.6. The van der Waals surface area contributed by atoms with Gasteiger partial charge in [-0.25, -0.2) is 4.90 Å². The predicted molar refractivity (Wildman–Crippen MR) is 206 cm³/mol. The van der Waals surface area contributed by atoms with E-state index in [1.165, 1.54) is 88.8 Å². The van der Waals surface area contributed by atoms with Crippen molar-refractivity contribution in [1.82, 2.24) is 10.2 Å². The van der Waals surface area contributed by atoms with Crippen LogP contribution in [0.3, 0.4) is 0 Å². The third kappa shape index (κ3) is 30.0. The molecule has 1 unspecified atom stereocenters. The zero-order chi connectivity index (χ0) is 35.5. The number of thioether (sulfide) groups is 1. The highest BCUT2D eigenvalue weighted by Crippen LogP contribution is 2.20. The molecule has 0 aromatic heterocycles. The lowest BCUT2D eigenvalue weighted by molar-refractivity contribution is -0.157. The smallest absolute Gasteiger partial charge is 0.320 e. The van der Waals surface area contributed by atoms with Crippen LogP contribution in [0.5, 0.6) is 0 Å². The van der Waals surface area contributed by atoms with Gasteiger partial charge in [-0.3, -0.25) is 9.59 Å². The van der Waals surface area contributed by atoms with Crippen molar-refractivity contribution in [1.29, 1.82) is 0 Å². The fourth-order valence-electron chi connectivity index (χ4n) is 6.08. The Morgan fingerprint density at radius 3 is 1.25 bits per heavy atom. The van der Waals surface area contributed by atoms with E-state index >= 15 is 0 Å². The van der Waals surface area contributed by atoms with Crippen molar-refractivity contribution in [2.24, 2.45) is 0 Å². The molecule has 0 aliphatic heterocycles. The topological polar surface area (TPSA) is 88.1 Å². The number of aliphatic hydroxyl groups excluding tert-OH is 1. The molecule has 286 valence electrons.